The number of rotatable bonds is 5. The zero-order chi connectivity index (χ0) is 16.2. The second-order valence-corrected chi connectivity index (χ2v) is 6.40. The van der Waals surface area contributed by atoms with Crippen LogP contribution in [-0.2, 0) is 12.8 Å². The third-order valence-corrected chi connectivity index (χ3v) is 4.84. The maximum Gasteiger partial charge on any atom is 0.165 e. The fourth-order valence-corrected chi connectivity index (χ4v) is 3.35. The Bertz CT molecular complexity index is 670. The van der Waals surface area contributed by atoms with Crippen LogP contribution < -0.4 is 10.1 Å². The van der Waals surface area contributed by atoms with Gasteiger partial charge in [-0.2, -0.15) is 0 Å². The molecule has 0 amide bonds. The van der Waals surface area contributed by atoms with Gasteiger partial charge < -0.3 is 10.1 Å². The van der Waals surface area contributed by atoms with Crippen LogP contribution in [0.15, 0.2) is 42.5 Å². The van der Waals surface area contributed by atoms with Crippen LogP contribution in [0.25, 0.3) is 0 Å². The van der Waals surface area contributed by atoms with E-state index in [9.17, 15) is 4.39 Å². The summed E-state index contributed by atoms with van der Waals surface area (Å²) in [6.45, 7) is 3.10. The topological polar surface area (TPSA) is 21.3 Å². The smallest absolute Gasteiger partial charge is 0.165 e. The Morgan fingerprint density at radius 3 is 2.78 bits per heavy atom. The van der Waals surface area contributed by atoms with E-state index in [2.05, 4.69) is 36.5 Å². The van der Waals surface area contributed by atoms with Gasteiger partial charge in [0.05, 0.1) is 7.11 Å². The minimum absolute atomic E-state index is 0.182. The molecule has 2 aromatic rings. The second-order valence-electron chi connectivity index (χ2n) is 6.40. The molecular formula is C20H24FNO. The van der Waals surface area contributed by atoms with E-state index in [0.717, 1.165) is 18.5 Å². The van der Waals surface area contributed by atoms with Gasteiger partial charge in [0.1, 0.15) is 0 Å². The number of hydrogen-bond acceptors (Lipinski definition) is 2. The SMILES string of the molecule is COc1cc([C@@H](C)NC[C@H]2CCc3ccccc3C2)ccc1F. The number of methoxy groups -OCH3 is 1. The first kappa shape index (κ1) is 16.0. The molecule has 3 heteroatoms. The molecule has 23 heavy (non-hydrogen) atoms. The molecule has 0 saturated heterocycles. The average Bonchev–Trinajstić information content (AvgIpc) is 2.60. The van der Waals surface area contributed by atoms with Crippen LogP contribution in [0.5, 0.6) is 5.75 Å². The summed E-state index contributed by atoms with van der Waals surface area (Å²) in [5, 5.41) is 3.59. The van der Waals surface area contributed by atoms with Crippen LogP contribution in [0.2, 0.25) is 0 Å². The minimum atomic E-state index is -0.313. The van der Waals surface area contributed by atoms with Crippen LogP contribution in [0.1, 0.15) is 36.1 Å². The lowest BCUT2D eigenvalue weighted by Gasteiger charge is -2.26. The molecule has 1 aliphatic rings. The number of aryl methyl sites for hydroxylation is 1. The van der Waals surface area contributed by atoms with E-state index in [4.69, 9.17) is 4.74 Å². The van der Waals surface area contributed by atoms with Crippen molar-refractivity contribution in [2.75, 3.05) is 13.7 Å². The van der Waals surface area contributed by atoms with Crippen molar-refractivity contribution in [2.24, 2.45) is 5.92 Å². The fraction of sp³-hybridized carbons (Fsp3) is 0.400. The highest BCUT2D eigenvalue weighted by molar-refractivity contribution is 5.32. The summed E-state index contributed by atoms with van der Waals surface area (Å²) in [5.41, 5.74) is 4.04. The van der Waals surface area contributed by atoms with Gasteiger partial charge in [0.25, 0.3) is 0 Å². The molecule has 0 bridgehead atoms. The van der Waals surface area contributed by atoms with Crippen LogP contribution >= 0.6 is 0 Å². The van der Waals surface area contributed by atoms with E-state index >= 15 is 0 Å². The van der Waals surface area contributed by atoms with Gasteiger partial charge in [0, 0.05) is 6.04 Å². The monoisotopic (exact) mass is 313 g/mol. The molecule has 0 aromatic heterocycles. The molecule has 122 valence electrons. The normalized spacial score (nSPS) is 18.3. The van der Waals surface area contributed by atoms with Crippen molar-refractivity contribution in [3.05, 3.63) is 65.0 Å². The van der Waals surface area contributed by atoms with Crippen molar-refractivity contribution in [2.45, 2.75) is 32.2 Å². The number of hydrogen-bond donors (Lipinski definition) is 1. The van der Waals surface area contributed by atoms with Gasteiger partial charge in [-0.25, -0.2) is 4.39 Å². The molecule has 0 heterocycles. The third-order valence-electron chi connectivity index (χ3n) is 4.84. The molecule has 3 rings (SSSR count). The van der Waals surface area contributed by atoms with Gasteiger partial charge in [0.2, 0.25) is 0 Å². The van der Waals surface area contributed by atoms with Crippen LogP contribution in [0.4, 0.5) is 4.39 Å². The second kappa shape index (κ2) is 7.14. The summed E-state index contributed by atoms with van der Waals surface area (Å²) in [7, 11) is 1.50. The Balaban J connectivity index is 1.58. The summed E-state index contributed by atoms with van der Waals surface area (Å²) in [4.78, 5) is 0. The highest BCUT2D eigenvalue weighted by Gasteiger charge is 2.19. The maximum atomic E-state index is 13.5. The maximum absolute atomic E-state index is 13.5. The standard InChI is InChI=1S/C20H24FNO/c1-14(17-9-10-19(21)20(12-17)23-2)22-13-15-7-8-16-5-3-4-6-18(16)11-15/h3-6,9-10,12,14-15,22H,7-8,11,13H2,1-2H3/t14-,15+/m1/s1. The Labute approximate surface area is 137 Å². The summed E-state index contributed by atoms with van der Waals surface area (Å²) in [6.07, 6.45) is 3.54. The summed E-state index contributed by atoms with van der Waals surface area (Å²) in [6, 6.07) is 14.0. The molecule has 0 unspecified atom stereocenters. The molecule has 2 aromatic carbocycles. The first-order chi connectivity index (χ1) is 11.2. The molecule has 0 fully saturated rings. The number of ether oxygens (including phenoxy) is 1. The first-order valence-corrected chi connectivity index (χ1v) is 8.31. The lowest BCUT2D eigenvalue weighted by atomic mass is 9.84. The van der Waals surface area contributed by atoms with E-state index in [-0.39, 0.29) is 11.9 Å². The predicted molar refractivity (Wildman–Crippen MR) is 91.3 cm³/mol. The van der Waals surface area contributed by atoms with Crippen molar-refractivity contribution >= 4 is 0 Å². The van der Waals surface area contributed by atoms with Gasteiger partial charge in [-0.1, -0.05) is 30.3 Å². The van der Waals surface area contributed by atoms with Crippen molar-refractivity contribution in [1.82, 2.24) is 5.32 Å². The zero-order valence-corrected chi connectivity index (χ0v) is 13.8. The Kier molecular flexibility index (Phi) is 4.97. The molecule has 0 radical (unpaired) electrons. The van der Waals surface area contributed by atoms with Crippen molar-refractivity contribution in [3.8, 4) is 5.75 Å². The Morgan fingerprint density at radius 1 is 1.22 bits per heavy atom. The first-order valence-electron chi connectivity index (χ1n) is 8.31. The van der Waals surface area contributed by atoms with Crippen molar-refractivity contribution in [1.29, 1.82) is 0 Å². The van der Waals surface area contributed by atoms with Crippen molar-refractivity contribution in [3.63, 3.8) is 0 Å². The van der Waals surface area contributed by atoms with Gasteiger partial charge in [-0.15, -0.1) is 0 Å². The molecule has 0 saturated carbocycles. The van der Waals surface area contributed by atoms with E-state index in [0.29, 0.717) is 11.7 Å². The summed E-state index contributed by atoms with van der Waals surface area (Å²) >= 11 is 0. The Morgan fingerprint density at radius 2 is 2.00 bits per heavy atom. The van der Waals surface area contributed by atoms with Gasteiger partial charge in [0.15, 0.2) is 11.6 Å². The number of benzene rings is 2. The van der Waals surface area contributed by atoms with E-state index in [1.54, 1.807) is 6.07 Å². The highest BCUT2D eigenvalue weighted by Crippen LogP contribution is 2.26. The highest BCUT2D eigenvalue weighted by atomic mass is 19.1. The fourth-order valence-electron chi connectivity index (χ4n) is 3.35. The average molecular weight is 313 g/mol. The molecule has 2 atom stereocenters. The molecular weight excluding hydrogens is 289 g/mol. The van der Waals surface area contributed by atoms with Crippen molar-refractivity contribution < 1.29 is 9.13 Å². The Hall–Kier alpha value is -1.87. The molecule has 1 aliphatic carbocycles. The molecule has 0 spiro atoms. The number of fused-ring (bicyclic) bond motifs is 1. The van der Waals surface area contributed by atoms with Crippen LogP contribution in [0, 0.1) is 11.7 Å². The zero-order valence-electron chi connectivity index (χ0n) is 13.8. The number of nitrogens with one attached hydrogen (secondary N) is 1. The van der Waals surface area contributed by atoms with E-state index in [1.807, 2.05) is 6.07 Å². The summed E-state index contributed by atoms with van der Waals surface area (Å²) in [5.74, 6) is 0.657. The van der Waals surface area contributed by atoms with Gasteiger partial charge in [-0.3, -0.25) is 0 Å². The van der Waals surface area contributed by atoms with Gasteiger partial charge >= 0.3 is 0 Å². The third kappa shape index (κ3) is 3.73. The lowest BCUT2D eigenvalue weighted by molar-refractivity contribution is 0.382. The molecule has 2 nitrogen and oxygen atoms in total. The largest absolute Gasteiger partial charge is 0.494 e. The van der Waals surface area contributed by atoms with E-state index < -0.39 is 0 Å². The summed E-state index contributed by atoms with van der Waals surface area (Å²) < 4.78 is 18.6. The molecule has 1 N–H and O–H groups in total. The van der Waals surface area contributed by atoms with E-state index in [1.165, 1.54) is 37.1 Å². The van der Waals surface area contributed by atoms with Gasteiger partial charge in [-0.05, 0) is 67.5 Å². The quantitative estimate of drug-likeness (QED) is 0.889. The van der Waals surface area contributed by atoms with Crippen LogP contribution in [-0.4, -0.2) is 13.7 Å². The molecule has 0 aliphatic heterocycles. The minimum Gasteiger partial charge on any atom is -0.494 e. The lowest BCUT2D eigenvalue weighted by Crippen LogP contribution is -2.29. The predicted octanol–water partition coefficient (Wildman–Crippen LogP) is 4.29. The number of halogens is 1. The van der Waals surface area contributed by atoms with Crippen LogP contribution in [0.3, 0.4) is 0 Å².